The van der Waals surface area contributed by atoms with Crippen LogP contribution in [0, 0.1) is 0 Å². The van der Waals surface area contributed by atoms with E-state index < -0.39 is 0 Å². The zero-order valence-electron chi connectivity index (χ0n) is 10.1. The number of rotatable bonds is 5. The second kappa shape index (κ2) is 5.31. The van der Waals surface area contributed by atoms with Crippen molar-refractivity contribution in [2.75, 3.05) is 0 Å². The third-order valence-electron chi connectivity index (χ3n) is 3.48. The fourth-order valence-electron chi connectivity index (χ4n) is 2.47. The van der Waals surface area contributed by atoms with Crippen LogP contribution in [-0.4, -0.2) is 10.2 Å². The third kappa shape index (κ3) is 2.35. The fourth-order valence-corrected chi connectivity index (χ4v) is 3.45. The van der Waals surface area contributed by atoms with Gasteiger partial charge in [-0.1, -0.05) is 42.0 Å². The van der Waals surface area contributed by atoms with Gasteiger partial charge in [0.1, 0.15) is 0 Å². The molecule has 84 valence electrons. The first-order valence-corrected chi connectivity index (χ1v) is 7.38. The summed E-state index contributed by atoms with van der Waals surface area (Å²) in [5.74, 6) is 0. The van der Waals surface area contributed by atoms with Gasteiger partial charge in [0.15, 0.2) is 0 Å². The van der Waals surface area contributed by atoms with Crippen LogP contribution in [0.5, 0.6) is 0 Å². The molecule has 1 aliphatic carbocycles. The summed E-state index contributed by atoms with van der Waals surface area (Å²) in [7, 11) is 1.24. The van der Waals surface area contributed by atoms with Crippen LogP contribution in [0.2, 0.25) is 0 Å². The topological polar surface area (TPSA) is 0 Å². The molecule has 16 heavy (non-hydrogen) atoms. The molecule has 0 saturated carbocycles. The largest absolute Gasteiger partial charge is 0.103 e. The van der Waals surface area contributed by atoms with Crippen LogP contribution in [0.25, 0.3) is 6.08 Å². The van der Waals surface area contributed by atoms with Crippen molar-refractivity contribution in [3.8, 4) is 0 Å². The van der Waals surface area contributed by atoms with Crippen LogP contribution in [0.1, 0.15) is 42.4 Å². The molecule has 0 fully saturated rings. The lowest BCUT2D eigenvalue weighted by molar-refractivity contribution is 0.734. The molecular weight excluding hydrogens is 208 g/mol. The van der Waals surface area contributed by atoms with Gasteiger partial charge in [-0.05, 0) is 42.4 Å². The summed E-state index contributed by atoms with van der Waals surface area (Å²) in [6.45, 7) is 3.77. The molecule has 0 bridgehead atoms. The molecule has 0 spiro atoms. The number of hydrogen-bond acceptors (Lipinski definition) is 0. The van der Waals surface area contributed by atoms with Gasteiger partial charge in [-0.3, -0.25) is 0 Å². The highest BCUT2D eigenvalue weighted by molar-refractivity contribution is 6.16. The van der Waals surface area contributed by atoms with E-state index in [2.05, 4.69) is 36.9 Å². The molecule has 2 rings (SSSR count). The van der Waals surface area contributed by atoms with Crippen LogP contribution in [0.15, 0.2) is 42.5 Å². The lowest BCUT2D eigenvalue weighted by atomic mass is 10.0. The zero-order chi connectivity index (χ0) is 11.4. The number of allylic oxidation sites excluding steroid dienone is 2. The molecule has 0 aromatic heterocycles. The maximum atomic E-state index is 3.77. The van der Waals surface area contributed by atoms with Gasteiger partial charge in [0.25, 0.3) is 0 Å². The van der Waals surface area contributed by atoms with E-state index >= 15 is 0 Å². The van der Waals surface area contributed by atoms with E-state index in [1.165, 1.54) is 35.1 Å². The second-order valence-corrected chi connectivity index (χ2v) is 5.76. The third-order valence-corrected chi connectivity index (χ3v) is 4.85. The Bertz CT molecular complexity index is 404. The number of benzene rings is 1. The SMILES string of the molecule is C=CCCCCC1=Cc2ccccc2C1[SiH3]. The van der Waals surface area contributed by atoms with Crippen LogP contribution >= 0.6 is 0 Å². The Labute approximate surface area is 102 Å². The standard InChI is InChI=1S/C15H20Si/c1-2-3-4-5-9-13-11-12-8-6-7-10-14(12)15(13)16/h2,6-8,10-11,15H,1,3-5,9H2,16H3. The summed E-state index contributed by atoms with van der Waals surface area (Å²) in [5, 5.41) is 0. The van der Waals surface area contributed by atoms with Crippen molar-refractivity contribution >= 4 is 16.3 Å². The molecule has 1 aromatic rings. The summed E-state index contributed by atoms with van der Waals surface area (Å²) in [6, 6.07) is 8.85. The van der Waals surface area contributed by atoms with Crippen molar-refractivity contribution < 1.29 is 0 Å². The van der Waals surface area contributed by atoms with E-state index in [-0.39, 0.29) is 0 Å². The molecule has 0 radical (unpaired) electrons. The Balaban J connectivity index is 1.97. The Morgan fingerprint density at radius 2 is 2.06 bits per heavy atom. The van der Waals surface area contributed by atoms with Crippen molar-refractivity contribution in [3.05, 3.63) is 53.6 Å². The first kappa shape index (κ1) is 11.4. The van der Waals surface area contributed by atoms with Crippen LogP contribution in [0.4, 0.5) is 0 Å². The second-order valence-electron chi connectivity index (χ2n) is 4.60. The minimum atomic E-state index is 0.764. The van der Waals surface area contributed by atoms with E-state index in [9.17, 15) is 0 Å². The molecule has 1 aliphatic rings. The van der Waals surface area contributed by atoms with Crippen molar-refractivity contribution in [1.29, 1.82) is 0 Å². The van der Waals surface area contributed by atoms with Gasteiger partial charge in [0.05, 0.1) is 0 Å². The average Bonchev–Trinajstić information content (AvgIpc) is 2.63. The van der Waals surface area contributed by atoms with Gasteiger partial charge in [-0.2, -0.15) is 0 Å². The van der Waals surface area contributed by atoms with Crippen LogP contribution < -0.4 is 0 Å². The van der Waals surface area contributed by atoms with E-state index in [4.69, 9.17) is 0 Å². The molecule has 1 unspecified atom stereocenters. The lowest BCUT2D eigenvalue weighted by Crippen LogP contribution is -1.98. The number of hydrogen-bond donors (Lipinski definition) is 0. The van der Waals surface area contributed by atoms with Crippen LogP contribution in [-0.2, 0) is 0 Å². The van der Waals surface area contributed by atoms with Crippen molar-refractivity contribution in [2.24, 2.45) is 0 Å². The Kier molecular flexibility index (Phi) is 3.78. The molecule has 0 heterocycles. The highest BCUT2D eigenvalue weighted by Crippen LogP contribution is 2.36. The molecule has 0 N–H and O–H groups in total. The molecule has 1 atom stereocenters. The van der Waals surface area contributed by atoms with Crippen molar-refractivity contribution in [3.63, 3.8) is 0 Å². The Morgan fingerprint density at radius 3 is 2.81 bits per heavy atom. The molecule has 1 heteroatoms. The monoisotopic (exact) mass is 228 g/mol. The number of unbranched alkanes of at least 4 members (excludes halogenated alkanes) is 2. The summed E-state index contributed by atoms with van der Waals surface area (Å²) in [6.07, 6.45) is 9.47. The van der Waals surface area contributed by atoms with Gasteiger partial charge >= 0.3 is 0 Å². The summed E-state index contributed by atoms with van der Waals surface area (Å²) >= 11 is 0. The minimum absolute atomic E-state index is 0.764. The Hall–Kier alpha value is -1.08. The summed E-state index contributed by atoms with van der Waals surface area (Å²) < 4.78 is 0. The average molecular weight is 228 g/mol. The normalized spacial score (nSPS) is 18.2. The van der Waals surface area contributed by atoms with Gasteiger partial charge in [0.2, 0.25) is 0 Å². The Morgan fingerprint density at radius 1 is 1.25 bits per heavy atom. The maximum Gasteiger partial charge on any atom is 0.0175 e. The molecular formula is C15H20Si. The number of fused-ring (bicyclic) bond motifs is 1. The molecule has 0 amide bonds. The van der Waals surface area contributed by atoms with Gasteiger partial charge in [-0.25, -0.2) is 0 Å². The predicted molar refractivity (Wildman–Crippen MR) is 75.8 cm³/mol. The minimum Gasteiger partial charge on any atom is -0.103 e. The van der Waals surface area contributed by atoms with E-state index in [0.29, 0.717) is 0 Å². The van der Waals surface area contributed by atoms with Gasteiger partial charge < -0.3 is 0 Å². The highest BCUT2D eigenvalue weighted by Gasteiger charge is 2.19. The van der Waals surface area contributed by atoms with Gasteiger partial charge in [-0.15, -0.1) is 6.58 Å². The quantitative estimate of drug-likeness (QED) is 0.412. The van der Waals surface area contributed by atoms with E-state index in [0.717, 1.165) is 12.0 Å². The summed E-state index contributed by atoms with van der Waals surface area (Å²) in [4.78, 5) is 0. The first-order chi connectivity index (χ1) is 7.83. The lowest BCUT2D eigenvalue weighted by Gasteiger charge is -2.10. The zero-order valence-corrected chi connectivity index (χ0v) is 12.1. The maximum absolute atomic E-state index is 3.77. The predicted octanol–water partition coefficient (Wildman–Crippen LogP) is 3.24. The molecule has 0 aliphatic heterocycles. The van der Waals surface area contributed by atoms with Crippen molar-refractivity contribution in [1.82, 2.24) is 0 Å². The smallest absolute Gasteiger partial charge is 0.0175 e. The van der Waals surface area contributed by atoms with Crippen LogP contribution in [0.3, 0.4) is 0 Å². The van der Waals surface area contributed by atoms with E-state index in [1.807, 2.05) is 6.08 Å². The first-order valence-electron chi connectivity index (χ1n) is 6.23. The van der Waals surface area contributed by atoms with Crippen molar-refractivity contribution in [2.45, 2.75) is 31.2 Å². The van der Waals surface area contributed by atoms with E-state index in [1.54, 1.807) is 11.1 Å². The highest BCUT2D eigenvalue weighted by atomic mass is 28.1. The summed E-state index contributed by atoms with van der Waals surface area (Å²) in [5.41, 5.74) is 5.45. The molecule has 1 aromatic carbocycles. The molecule has 0 saturated heterocycles. The van der Waals surface area contributed by atoms with Gasteiger partial charge in [0, 0.05) is 10.2 Å². The fraction of sp³-hybridized carbons (Fsp3) is 0.333. The molecule has 0 nitrogen and oxygen atoms in total.